The van der Waals surface area contributed by atoms with Crippen molar-refractivity contribution >= 4 is 23.6 Å². The van der Waals surface area contributed by atoms with Crippen molar-refractivity contribution < 1.29 is 14.3 Å². The SMILES string of the molecule is COC(=O)C(N)CSCc1ccc(C(N)=O)cc1C. The van der Waals surface area contributed by atoms with Crippen LogP contribution >= 0.6 is 11.8 Å². The Morgan fingerprint density at radius 3 is 2.63 bits per heavy atom. The minimum atomic E-state index is -0.611. The van der Waals surface area contributed by atoms with Crippen molar-refractivity contribution in [2.75, 3.05) is 12.9 Å². The molecule has 0 saturated carbocycles. The molecular weight excluding hydrogens is 264 g/mol. The van der Waals surface area contributed by atoms with Crippen LogP contribution in [0, 0.1) is 6.92 Å². The van der Waals surface area contributed by atoms with E-state index in [4.69, 9.17) is 11.5 Å². The van der Waals surface area contributed by atoms with Crippen molar-refractivity contribution in [2.45, 2.75) is 18.7 Å². The summed E-state index contributed by atoms with van der Waals surface area (Å²) in [7, 11) is 1.32. The van der Waals surface area contributed by atoms with E-state index in [1.807, 2.05) is 13.0 Å². The fourth-order valence-electron chi connectivity index (χ4n) is 1.53. The minimum Gasteiger partial charge on any atom is -0.468 e. The standard InChI is InChI=1S/C13H18N2O3S/c1-8-5-9(12(15)16)3-4-10(8)6-19-7-11(14)13(17)18-2/h3-5,11H,6-7,14H2,1-2H3,(H2,15,16). The normalized spacial score (nSPS) is 11.9. The number of carbonyl (C=O) groups excluding carboxylic acids is 2. The summed E-state index contributed by atoms with van der Waals surface area (Å²) in [6, 6.07) is 4.72. The first-order valence-corrected chi connectivity index (χ1v) is 6.91. The molecule has 0 aliphatic heterocycles. The summed E-state index contributed by atoms with van der Waals surface area (Å²) in [5.74, 6) is 0.363. The summed E-state index contributed by atoms with van der Waals surface area (Å²) in [5, 5.41) is 0. The molecule has 0 fully saturated rings. The lowest BCUT2D eigenvalue weighted by molar-refractivity contribution is -0.141. The Morgan fingerprint density at radius 2 is 2.11 bits per heavy atom. The average Bonchev–Trinajstić information content (AvgIpc) is 2.39. The molecule has 0 saturated heterocycles. The number of rotatable bonds is 6. The van der Waals surface area contributed by atoms with Gasteiger partial charge in [-0.2, -0.15) is 11.8 Å². The van der Waals surface area contributed by atoms with E-state index >= 15 is 0 Å². The maximum absolute atomic E-state index is 11.1. The van der Waals surface area contributed by atoms with Crippen molar-refractivity contribution in [2.24, 2.45) is 11.5 Å². The molecule has 1 aromatic rings. The summed E-state index contributed by atoms with van der Waals surface area (Å²) < 4.78 is 4.55. The lowest BCUT2D eigenvalue weighted by Crippen LogP contribution is -2.33. The minimum absolute atomic E-state index is 0.409. The van der Waals surface area contributed by atoms with Gasteiger partial charge in [0.25, 0.3) is 0 Å². The lowest BCUT2D eigenvalue weighted by atomic mass is 10.1. The molecule has 1 unspecified atom stereocenters. The molecule has 1 rings (SSSR count). The summed E-state index contributed by atoms with van der Waals surface area (Å²) in [5.41, 5.74) is 13.4. The first-order valence-electron chi connectivity index (χ1n) is 5.76. The highest BCUT2D eigenvalue weighted by atomic mass is 32.2. The molecule has 1 amide bonds. The predicted molar refractivity (Wildman–Crippen MR) is 75.9 cm³/mol. The van der Waals surface area contributed by atoms with Crippen LogP contribution in [0.5, 0.6) is 0 Å². The van der Waals surface area contributed by atoms with Crippen LogP contribution in [0.3, 0.4) is 0 Å². The monoisotopic (exact) mass is 282 g/mol. The van der Waals surface area contributed by atoms with E-state index in [9.17, 15) is 9.59 Å². The maximum atomic E-state index is 11.1. The number of hydrogen-bond acceptors (Lipinski definition) is 5. The van der Waals surface area contributed by atoms with E-state index in [1.54, 1.807) is 23.9 Å². The Bertz CT molecular complexity index is 477. The Balaban J connectivity index is 2.54. The van der Waals surface area contributed by atoms with Crippen molar-refractivity contribution in [1.29, 1.82) is 0 Å². The number of aryl methyl sites for hydroxylation is 1. The Hall–Kier alpha value is -1.53. The molecule has 0 spiro atoms. The summed E-state index contributed by atoms with van der Waals surface area (Å²) in [6.07, 6.45) is 0. The third-order valence-corrected chi connectivity index (χ3v) is 3.80. The number of carbonyl (C=O) groups is 2. The molecule has 0 radical (unpaired) electrons. The predicted octanol–water partition coefficient (Wildman–Crippen LogP) is 0.827. The molecule has 6 heteroatoms. The van der Waals surface area contributed by atoms with Gasteiger partial charge in [0, 0.05) is 17.1 Å². The van der Waals surface area contributed by atoms with Crippen LogP contribution in [0.1, 0.15) is 21.5 Å². The van der Waals surface area contributed by atoms with Crippen molar-refractivity contribution in [3.63, 3.8) is 0 Å². The van der Waals surface area contributed by atoms with Crippen molar-refractivity contribution in [1.82, 2.24) is 0 Å². The van der Waals surface area contributed by atoms with Gasteiger partial charge in [0.2, 0.25) is 5.91 Å². The largest absolute Gasteiger partial charge is 0.468 e. The number of hydrogen-bond donors (Lipinski definition) is 2. The van der Waals surface area contributed by atoms with Gasteiger partial charge < -0.3 is 16.2 Å². The molecule has 0 aliphatic carbocycles. The number of esters is 1. The molecule has 4 N–H and O–H groups in total. The van der Waals surface area contributed by atoms with Crippen LogP contribution in [0.4, 0.5) is 0 Å². The molecule has 5 nitrogen and oxygen atoms in total. The average molecular weight is 282 g/mol. The van der Waals surface area contributed by atoms with Crippen LogP contribution in [-0.2, 0) is 15.3 Å². The van der Waals surface area contributed by atoms with Crippen LogP contribution < -0.4 is 11.5 Å². The Labute approximate surface area is 116 Å². The topological polar surface area (TPSA) is 95.4 Å². The molecular formula is C13H18N2O3S. The molecule has 0 bridgehead atoms. The molecule has 0 aromatic heterocycles. The van der Waals surface area contributed by atoms with Crippen molar-refractivity contribution in [3.8, 4) is 0 Å². The van der Waals surface area contributed by atoms with Crippen LogP contribution in [0.15, 0.2) is 18.2 Å². The zero-order chi connectivity index (χ0) is 14.4. The van der Waals surface area contributed by atoms with Crippen molar-refractivity contribution in [3.05, 3.63) is 34.9 Å². The highest BCUT2D eigenvalue weighted by molar-refractivity contribution is 7.98. The highest BCUT2D eigenvalue weighted by Crippen LogP contribution is 2.18. The summed E-state index contributed by atoms with van der Waals surface area (Å²) in [6.45, 7) is 1.92. The van der Waals surface area contributed by atoms with Gasteiger partial charge in [0.1, 0.15) is 6.04 Å². The molecule has 1 aromatic carbocycles. The van der Waals surface area contributed by atoms with Crippen LogP contribution in [0.2, 0.25) is 0 Å². The second kappa shape index (κ2) is 7.16. The fourth-order valence-corrected chi connectivity index (χ4v) is 2.58. The third kappa shape index (κ3) is 4.57. The first kappa shape index (κ1) is 15.5. The number of amides is 1. The quantitative estimate of drug-likeness (QED) is 0.753. The number of thioether (sulfide) groups is 1. The van der Waals surface area contributed by atoms with E-state index in [2.05, 4.69) is 4.74 Å². The molecule has 104 valence electrons. The number of benzene rings is 1. The molecule has 1 atom stereocenters. The zero-order valence-corrected chi connectivity index (χ0v) is 11.8. The van der Waals surface area contributed by atoms with E-state index in [1.165, 1.54) is 7.11 Å². The number of methoxy groups -OCH3 is 1. The van der Waals surface area contributed by atoms with E-state index in [0.717, 1.165) is 16.9 Å². The molecule has 0 heterocycles. The zero-order valence-electron chi connectivity index (χ0n) is 11.0. The summed E-state index contributed by atoms with van der Waals surface area (Å²) >= 11 is 1.54. The number of nitrogens with two attached hydrogens (primary N) is 2. The van der Waals surface area contributed by atoms with Gasteiger partial charge in [0.05, 0.1) is 7.11 Å². The van der Waals surface area contributed by atoms with E-state index in [0.29, 0.717) is 11.3 Å². The van der Waals surface area contributed by atoms with Gasteiger partial charge in [-0.1, -0.05) is 6.07 Å². The molecule has 19 heavy (non-hydrogen) atoms. The Morgan fingerprint density at radius 1 is 1.42 bits per heavy atom. The lowest BCUT2D eigenvalue weighted by Gasteiger charge is -2.10. The summed E-state index contributed by atoms with van der Waals surface area (Å²) in [4.78, 5) is 22.2. The smallest absolute Gasteiger partial charge is 0.323 e. The maximum Gasteiger partial charge on any atom is 0.323 e. The van der Waals surface area contributed by atoms with Gasteiger partial charge in [-0.15, -0.1) is 0 Å². The second-order valence-corrected chi connectivity index (χ2v) is 5.18. The second-order valence-electron chi connectivity index (χ2n) is 4.15. The highest BCUT2D eigenvalue weighted by Gasteiger charge is 2.13. The van der Waals surface area contributed by atoms with Crippen LogP contribution in [-0.4, -0.2) is 30.8 Å². The third-order valence-electron chi connectivity index (χ3n) is 2.69. The first-order chi connectivity index (χ1) is 8.95. The van der Waals surface area contributed by atoms with Gasteiger partial charge in [-0.25, -0.2) is 0 Å². The van der Waals surface area contributed by atoms with E-state index < -0.39 is 17.9 Å². The molecule has 0 aliphatic rings. The fraction of sp³-hybridized carbons (Fsp3) is 0.385. The number of primary amides is 1. The van der Waals surface area contributed by atoms with Gasteiger partial charge in [-0.05, 0) is 30.2 Å². The van der Waals surface area contributed by atoms with Gasteiger partial charge in [-0.3, -0.25) is 9.59 Å². The van der Waals surface area contributed by atoms with Gasteiger partial charge in [0.15, 0.2) is 0 Å². The van der Waals surface area contributed by atoms with Crippen LogP contribution in [0.25, 0.3) is 0 Å². The Kier molecular flexibility index (Phi) is 5.85. The number of ether oxygens (including phenoxy) is 1. The van der Waals surface area contributed by atoms with E-state index in [-0.39, 0.29) is 0 Å². The van der Waals surface area contributed by atoms with Gasteiger partial charge >= 0.3 is 5.97 Å².